The van der Waals surface area contributed by atoms with Crippen LogP contribution in [0, 0.1) is 0 Å². The molecule has 0 amide bonds. The van der Waals surface area contributed by atoms with Crippen LogP contribution in [0.3, 0.4) is 0 Å². The van der Waals surface area contributed by atoms with Gasteiger partial charge >= 0.3 is 0 Å². The maximum atomic E-state index is 12.7. The number of hydrogen-bond acceptors (Lipinski definition) is 4. The highest BCUT2D eigenvalue weighted by molar-refractivity contribution is 7.17. The summed E-state index contributed by atoms with van der Waals surface area (Å²) in [5.41, 5.74) is 7.55. The lowest BCUT2D eigenvalue weighted by Crippen LogP contribution is -2.05. The zero-order valence-electron chi connectivity index (χ0n) is 10.9. The van der Waals surface area contributed by atoms with Crippen LogP contribution in [-0.2, 0) is 0 Å². The number of methoxy groups -OCH3 is 1. The predicted octanol–water partition coefficient (Wildman–Crippen LogP) is 3.72. The molecule has 100 valence electrons. The summed E-state index contributed by atoms with van der Waals surface area (Å²) in [6.45, 7) is 0. The van der Waals surface area contributed by atoms with Crippen LogP contribution >= 0.6 is 11.3 Å². The van der Waals surface area contributed by atoms with Crippen molar-refractivity contribution < 1.29 is 9.53 Å². The molecule has 0 radical (unpaired) electrons. The van der Waals surface area contributed by atoms with Crippen LogP contribution < -0.4 is 10.5 Å². The zero-order valence-corrected chi connectivity index (χ0v) is 11.7. The summed E-state index contributed by atoms with van der Waals surface area (Å²) in [6.07, 6.45) is 0. The van der Waals surface area contributed by atoms with Crippen molar-refractivity contribution in [3.05, 3.63) is 59.0 Å². The number of nitrogen functional groups attached to an aromatic ring is 1. The van der Waals surface area contributed by atoms with Crippen molar-refractivity contribution in [3.8, 4) is 5.75 Å². The van der Waals surface area contributed by atoms with Crippen LogP contribution in [-0.4, -0.2) is 12.9 Å². The molecule has 20 heavy (non-hydrogen) atoms. The van der Waals surface area contributed by atoms with E-state index < -0.39 is 0 Å². The highest BCUT2D eigenvalue weighted by Crippen LogP contribution is 2.30. The average molecular weight is 283 g/mol. The van der Waals surface area contributed by atoms with Crippen molar-refractivity contribution in [2.75, 3.05) is 12.8 Å². The summed E-state index contributed by atoms with van der Waals surface area (Å²) in [6, 6.07) is 13.0. The second-order valence-corrected chi connectivity index (χ2v) is 5.34. The molecule has 0 aliphatic carbocycles. The molecule has 0 spiro atoms. The molecule has 0 saturated heterocycles. The number of fused-ring (bicyclic) bond motifs is 1. The van der Waals surface area contributed by atoms with Gasteiger partial charge in [0.15, 0.2) is 5.78 Å². The van der Waals surface area contributed by atoms with Crippen LogP contribution in [0.4, 0.5) is 5.69 Å². The molecular formula is C16H13NO2S. The van der Waals surface area contributed by atoms with Gasteiger partial charge in [-0.3, -0.25) is 4.79 Å². The Labute approximate surface area is 120 Å². The Morgan fingerprint density at radius 3 is 2.75 bits per heavy atom. The number of carbonyl (C=O) groups is 1. The van der Waals surface area contributed by atoms with E-state index in [1.54, 1.807) is 36.6 Å². The number of ether oxygens (including phenoxy) is 1. The highest BCUT2D eigenvalue weighted by Gasteiger charge is 2.17. The van der Waals surface area contributed by atoms with Gasteiger partial charge in [0.05, 0.1) is 7.11 Å². The van der Waals surface area contributed by atoms with Gasteiger partial charge in [-0.1, -0.05) is 18.2 Å². The minimum absolute atomic E-state index is 0.0705. The van der Waals surface area contributed by atoms with Crippen LogP contribution in [0.15, 0.2) is 47.8 Å². The van der Waals surface area contributed by atoms with Gasteiger partial charge in [0.2, 0.25) is 0 Å². The Morgan fingerprint density at radius 2 is 1.95 bits per heavy atom. The zero-order chi connectivity index (χ0) is 14.1. The first kappa shape index (κ1) is 12.7. The second-order valence-electron chi connectivity index (χ2n) is 4.43. The number of ketones is 1. The minimum Gasteiger partial charge on any atom is -0.497 e. The summed E-state index contributed by atoms with van der Waals surface area (Å²) < 4.78 is 6.25. The van der Waals surface area contributed by atoms with Gasteiger partial charge in [0, 0.05) is 32.3 Å². The summed E-state index contributed by atoms with van der Waals surface area (Å²) in [5, 5.41) is 2.84. The molecule has 0 atom stereocenters. The van der Waals surface area contributed by atoms with Crippen LogP contribution in [0.1, 0.15) is 15.9 Å². The number of carbonyl (C=O) groups excluding carboxylic acids is 1. The quantitative estimate of drug-likeness (QED) is 0.588. The molecule has 0 saturated carbocycles. The Bertz CT molecular complexity index is 792. The monoisotopic (exact) mass is 283 g/mol. The molecule has 0 aliphatic heterocycles. The largest absolute Gasteiger partial charge is 0.497 e. The number of rotatable bonds is 3. The van der Waals surface area contributed by atoms with E-state index in [9.17, 15) is 4.79 Å². The first-order valence-electron chi connectivity index (χ1n) is 6.15. The van der Waals surface area contributed by atoms with E-state index in [-0.39, 0.29) is 5.78 Å². The van der Waals surface area contributed by atoms with E-state index in [0.29, 0.717) is 22.6 Å². The summed E-state index contributed by atoms with van der Waals surface area (Å²) in [4.78, 5) is 12.7. The second kappa shape index (κ2) is 4.98. The van der Waals surface area contributed by atoms with Gasteiger partial charge in [-0.15, -0.1) is 11.3 Å². The predicted molar refractivity (Wildman–Crippen MR) is 82.7 cm³/mol. The standard InChI is InChI=1S/C16H13NO2S/c1-19-10-6-7-14(17)12(8-10)16(18)13-9-20-15-5-3-2-4-11(13)15/h2-9H,17H2,1H3. The Morgan fingerprint density at radius 1 is 1.15 bits per heavy atom. The van der Waals surface area contributed by atoms with Crippen molar-refractivity contribution in [2.45, 2.75) is 0 Å². The number of benzene rings is 2. The maximum absolute atomic E-state index is 12.7. The van der Waals surface area contributed by atoms with Crippen molar-refractivity contribution in [2.24, 2.45) is 0 Å². The fourth-order valence-corrected chi connectivity index (χ4v) is 3.10. The normalized spacial score (nSPS) is 10.7. The van der Waals surface area contributed by atoms with Gasteiger partial charge < -0.3 is 10.5 Å². The van der Waals surface area contributed by atoms with E-state index in [1.807, 2.05) is 29.6 Å². The van der Waals surface area contributed by atoms with Crippen molar-refractivity contribution in [1.82, 2.24) is 0 Å². The van der Waals surface area contributed by atoms with E-state index >= 15 is 0 Å². The van der Waals surface area contributed by atoms with Crippen LogP contribution in [0.25, 0.3) is 10.1 Å². The third-order valence-electron chi connectivity index (χ3n) is 3.23. The topological polar surface area (TPSA) is 52.3 Å². The van der Waals surface area contributed by atoms with Crippen molar-refractivity contribution in [3.63, 3.8) is 0 Å². The summed E-state index contributed by atoms with van der Waals surface area (Å²) in [7, 11) is 1.57. The number of hydrogen-bond donors (Lipinski definition) is 1. The lowest BCUT2D eigenvalue weighted by Gasteiger charge is -2.07. The van der Waals surface area contributed by atoms with Gasteiger partial charge in [0.1, 0.15) is 5.75 Å². The van der Waals surface area contributed by atoms with E-state index in [4.69, 9.17) is 10.5 Å². The van der Waals surface area contributed by atoms with Gasteiger partial charge in [0.25, 0.3) is 0 Å². The molecule has 3 aromatic rings. The summed E-state index contributed by atoms with van der Waals surface area (Å²) >= 11 is 1.56. The van der Waals surface area contributed by atoms with Gasteiger partial charge in [-0.05, 0) is 24.3 Å². The number of anilines is 1. The number of nitrogens with two attached hydrogens (primary N) is 1. The molecule has 2 N–H and O–H groups in total. The molecule has 1 heterocycles. The highest BCUT2D eigenvalue weighted by atomic mass is 32.1. The molecule has 0 bridgehead atoms. The molecule has 3 rings (SSSR count). The smallest absolute Gasteiger partial charge is 0.196 e. The molecule has 1 aromatic heterocycles. The first-order valence-corrected chi connectivity index (χ1v) is 7.03. The fraction of sp³-hybridized carbons (Fsp3) is 0.0625. The van der Waals surface area contributed by atoms with E-state index in [1.165, 1.54) is 0 Å². The molecule has 3 nitrogen and oxygen atoms in total. The molecular weight excluding hydrogens is 270 g/mol. The molecule has 4 heteroatoms. The minimum atomic E-state index is -0.0705. The SMILES string of the molecule is COc1ccc(N)c(C(=O)c2csc3ccccc23)c1. The summed E-state index contributed by atoms with van der Waals surface area (Å²) in [5.74, 6) is 0.556. The van der Waals surface area contributed by atoms with E-state index in [2.05, 4.69) is 0 Å². The van der Waals surface area contributed by atoms with Gasteiger partial charge in [-0.25, -0.2) is 0 Å². The Balaban J connectivity index is 2.13. The molecule has 0 unspecified atom stereocenters. The Hall–Kier alpha value is -2.33. The van der Waals surface area contributed by atoms with Crippen LogP contribution in [0.5, 0.6) is 5.75 Å². The third-order valence-corrected chi connectivity index (χ3v) is 4.19. The average Bonchev–Trinajstić information content (AvgIpc) is 2.91. The molecule has 2 aromatic carbocycles. The van der Waals surface area contributed by atoms with Gasteiger partial charge in [-0.2, -0.15) is 0 Å². The van der Waals surface area contributed by atoms with Crippen molar-refractivity contribution in [1.29, 1.82) is 0 Å². The lowest BCUT2D eigenvalue weighted by atomic mass is 10.0. The first-order chi connectivity index (χ1) is 9.70. The van der Waals surface area contributed by atoms with E-state index in [0.717, 1.165) is 10.1 Å². The molecule has 0 aliphatic rings. The lowest BCUT2D eigenvalue weighted by molar-refractivity contribution is 0.104. The maximum Gasteiger partial charge on any atom is 0.196 e. The van der Waals surface area contributed by atoms with Crippen LogP contribution in [0.2, 0.25) is 0 Å². The fourth-order valence-electron chi connectivity index (χ4n) is 2.16. The number of thiophene rings is 1. The third kappa shape index (κ3) is 2.04. The Kier molecular flexibility index (Phi) is 3.16. The van der Waals surface area contributed by atoms with Crippen molar-refractivity contribution >= 4 is 32.9 Å². The molecule has 0 fully saturated rings.